The maximum Gasteiger partial charge on any atom is 0.248 e. The molecule has 3 rings (SSSR count). The number of amides is 2. The molecule has 0 spiro atoms. The first-order valence-electron chi connectivity index (χ1n) is 9.01. The van der Waals surface area contributed by atoms with Crippen molar-refractivity contribution < 1.29 is 9.59 Å². The zero-order valence-corrected chi connectivity index (χ0v) is 18.1. The number of thioether (sulfide) groups is 1. The molecule has 0 saturated carbocycles. The second-order valence-corrected chi connectivity index (χ2v) is 8.11. The van der Waals surface area contributed by atoms with Crippen molar-refractivity contribution in [1.29, 1.82) is 0 Å². The first-order chi connectivity index (χ1) is 14.5. The average Bonchev–Trinajstić information content (AvgIpc) is 2.74. The van der Waals surface area contributed by atoms with Crippen molar-refractivity contribution >= 4 is 64.2 Å². The minimum absolute atomic E-state index is 0.173. The van der Waals surface area contributed by atoms with Crippen LogP contribution in [0.1, 0.15) is 5.56 Å². The Morgan fingerprint density at radius 3 is 2.33 bits per heavy atom. The van der Waals surface area contributed by atoms with Gasteiger partial charge in [-0.05, 0) is 54.1 Å². The Labute approximate surface area is 189 Å². The fraction of sp³-hybridized carbons (Fsp3) is 0.0435. The lowest BCUT2D eigenvalue weighted by Crippen LogP contribution is -2.14. The maximum atomic E-state index is 12.1. The van der Waals surface area contributed by atoms with Gasteiger partial charge in [0, 0.05) is 21.7 Å². The van der Waals surface area contributed by atoms with Gasteiger partial charge in [0.25, 0.3) is 0 Å². The summed E-state index contributed by atoms with van der Waals surface area (Å²) in [6.07, 6.45) is 3.25. The second kappa shape index (κ2) is 10.9. The van der Waals surface area contributed by atoms with Gasteiger partial charge in [-0.15, -0.1) is 11.8 Å². The molecule has 4 nitrogen and oxygen atoms in total. The van der Waals surface area contributed by atoms with E-state index in [4.69, 9.17) is 23.2 Å². The Hall–Kier alpha value is -2.73. The highest BCUT2D eigenvalue weighted by molar-refractivity contribution is 8.00. The minimum atomic E-state index is -0.210. The van der Waals surface area contributed by atoms with Crippen molar-refractivity contribution in [2.45, 2.75) is 4.90 Å². The first-order valence-corrected chi connectivity index (χ1v) is 10.8. The van der Waals surface area contributed by atoms with Crippen LogP contribution in [-0.2, 0) is 9.59 Å². The van der Waals surface area contributed by atoms with E-state index in [1.54, 1.807) is 36.4 Å². The number of halogens is 2. The third-order valence-corrected chi connectivity index (χ3v) is 5.48. The van der Waals surface area contributed by atoms with Crippen LogP contribution in [0.3, 0.4) is 0 Å². The van der Waals surface area contributed by atoms with Crippen molar-refractivity contribution in [3.05, 3.63) is 94.5 Å². The predicted molar refractivity (Wildman–Crippen MR) is 126 cm³/mol. The molecule has 0 aliphatic heterocycles. The van der Waals surface area contributed by atoms with E-state index in [1.807, 2.05) is 42.5 Å². The molecule has 0 unspecified atom stereocenters. The summed E-state index contributed by atoms with van der Waals surface area (Å²) in [5.74, 6) is -0.157. The molecule has 30 heavy (non-hydrogen) atoms. The Morgan fingerprint density at radius 1 is 0.900 bits per heavy atom. The van der Waals surface area contributed by atoms with Crippen LogP contribution in [0.4, 0.5) is 11.4 Å². The normalized spacial score (nSPS) is 10.7. The van der Waals surface area contributed by atoms with E-state index in [1.165, 1.54) is 17.8 Å². The molecular formula is C23H18Cl2N2O2S. The fourth-order valence-corrected chi connectivity index (χ4v) is 3.63. The molecule has 0 aliphatic carbocycles. The van der Waals surface area contributed by atoms with Gasteiger partial charge in [0.05, 0.1) is 16.5 Å². The van der Waals surface area contributed by atoms with E-state index >= 15 is 0 Å². The number of carbonyl (C=O) groups is 2. The molecule has 0 aliphatic rings. The van der Waals surface area contributed by atoms with Crippen LogP contribution in [0.25, 0.3) is 6.08 Å². The zero-order valence-electron chi connectivity index (χ0n) is 15.8. The highest BCUT2D eigenvalue weighted by atomic mass is 35.5. The summed E-state index contributed by atoms with van der Waals surface area (Å²) in [5, 5.41) is 6.47. The summed E-state index contributed by atoms with van der Waals surface area (Å²) in [6, 6.07) is 21.8. The topological polar surface area (TPSA) is 58.2 Å². The van der Waals surface area contributed by atoms with Crippen LogP contribution in [0.2, 0.25) is 10.0 Å². The Bertz CT molecular complexity index is 1050. The van der Waals surface area contributed by atoms with Gasteiger partial charge in [0.1, 0.15) is 0 Å². The molecule has 0 saturated heterocycles. The van der Waals surface area contributed by atoms with Crippen LogP contribution >= 0.6 is 35.0 Å². The molecular weight excluding hydrogens is 439 g/mol. The van der Waals surface area contributed by atoms with Crippen molar-refractivity contribution in [3.8, 4) is 0 Å². The third kappa shape index (κ3) is 6.95. The predicted octanol–water partition coefficient (Wildman–Crippen LogP) is 6.38. The van der Waals surface area contributed by atoms with Crippen molar-refractivity contribution in [1.82, 2.24) is 0 Å². The average molecular weight is 457 g/mol. The lowest BCUT2D eigenvalue weighted by atomic mass is 10.2. The third-order valence-electron chi connectivity index (χ3n) is 3.92. The number of rotatable bonds is 7. The van der Waals surface area contributed by atoms with Gasteiger partial charge >= 0.3 is 0 Å². The quantitative estimate of drug-likeness (QED) is 0.320. The highest BCUT2D eigenvalue weighted by Gasteiger charge is 2.07. The van der Waals surface area contributed by atoms with Gasteiger partial charge in [0.2, 0.25) is 11.8 Å². The second-order valence-electron chi connectivity index (χ2n) is 6.22. The molecule has 152 valence electrons. The van der Waals surface area contributed by atoms with Crippen molar-refractivity contribution in [2.75, 3.05) is 16.4 Å². The molecule has 0 aromatic heterocycles. The molecule has 0 heterocycles. The molecule has 2 N–H and O–H groups in total. The van der Waals surface area contributed by atoms with Crippen molar-refractivity contribution in [2.24, 2.45) is 0 Å². The number of hydrogen-bond acceptors (Lipinski definition) is 3. The first kappa shape index (κ1) is 22.0. The van der Waals surface area contributed by atoms with Gasteiger partial charge in [0.15, 0.2) is 0 Å². The molecule has 2 amide bonds. The van der Waals surface area contributed by atoms with Gasteiger partial charge in [-0.3, -0.25) is 9.59 Å². The number of benzene rings is 3. The van der Waals surface area contributed by atoms with Gasteiger partial charge in [-0.25, -0.2) is 0 Å². The molecule has 0 atom stereocenters. The van der Waals surface area contributed by atoms with Crippen LogP contribution in [0.15, 0.2) is 83.8 Å². The fourth-order valence-electron chi connectivity index (χ4n) is 2.48. The van der Waals surface area contributed by atoms with Gasteiger partial charge in [-0.1, -0.05) is 53.5 Å². The van der Waals surface area contributed by atoms with E-state index in [0.29, 0.717) is 21.4 Å². The Morgan fingerprint density at radius 2 is 1.63 bits per heavy atom. The van der Waals surface area contributed by atoms with E-state index in [2.05, 4.69) is 10.6 Å². The SMILES string of the molecule is O=C(/C=C/c1ccccc1)Nc1ccc(SCC(=O)Nc2ccc(Cl)cc2Cl)cc1. The molecule has 3 aromatic carbocycles. The van der Waals surface area contributed by atoms with E-state index in [0.717, 1.165) is 10.5 Å². The molecule has 0 bridgehead atoms. The Balaban J connectivity index is 1.47. The summed E-state index contributed by atoms with van der Waals surface area (Å²) in [5.41, 5.74) is 2.16. The van der Waals surface area contributed by atoms with E-state index in [9.17, 15) is 9.59 Å². The highest BCUT2D eigenvalue weighted by Crippen LogP contribution is 2.26. The zero-order chi connectivity index (χ0) is 21.3. The summed E-state index contributed by atoms with van der Waals surface area (Å²) in [4.78, 5) is 25.1. The lowest BCUT2D eigenvalue weighted by molar-refractivity contribution is -0.114. The van der Waals surface area contributed by atoms with Crippen LogP contribution in [-0.4, -0.2) is 17.6 Å². The number of anilines is 2. The standard InChI is InChI=1S/C23H18Cl2N2O2S/c24-17-7-12-21(20(25)14-17)27-23(29)15-30-19-10-8-18(9-11-19)26-22(28)13-6-16-4-2-1-3-5-16/h1-14H,15H2,(H,26,28)(H,27,29)/b13-6+. The number of hydrogen-bond donors (Lipinski definition) is 2. The summed E-state index contributed by atoms with van der Waals surface area (Å²) >= 11 is 13.3. The molecule has 0 fully saturated rings. The summed E-state index contributed by atoms with van der Waals surface area (Å²) in [7, 11) is 0. The lowest BCUT2D eigenvalue weighted by Gasteiger charge is -2.08. The molecule has 3 aromatic rings. The smallest absolute Gasteiger partial charge is 0.248 e. The van der Waals surface area contributed by atoms with E-state index in [-0.39, 0.29) is 17.6 Å². The van der Waals surface area contributed by atoms with Crippen LogP contribution in [0, 0.1) is 0 Å². The van der Waals surface area contributed by atoms with Gasteiger partial charge in [-0.2, -0.15) is 0 Å². The van der Waals surface area contributed by atoms with Gasteiger partial charge < -0.3 is 10.6 Å². The van der Waals surface area contributed by atoms with Crippen molar-refractivity contribution in [3.63, 3.8) is 0 Å². The Kier molecular flexibility index (Phi) is 7.97. The summed E-state index contributed by atoms with van der Waals surface area (Å²) in [6.45, 7) is 0. The number of nitrogens with one attached hydrogen (secondary N) is 2. The van der Waals surface area contributed by atoms with E-state index < -0.39 is 0 Å². The summed E-state index contributed by atoms with van der Waals surface area (Å²) < 4.78 is 0. The largest absolute Gasteiger partial charge is 0.324 e. The molecule has 0 radical (unpaired) electrons. The minimum Gasteiger partial charge on any atom is -0.324 e. The molecule has 7 heteroatoms. The van der Waals surface area contributed by atoms with Crippen LogP contribution in [0.5, 0.6) is 0 Å². The maximum absolute atomic E-state index is 12.1. The van der Waals surface area contributed by atoms with Crippen LogP contribution < -0.4 is 10.6 Å². The monoisotopic (exact) mass is 456 g/mol. The number of carbonyl (C=O) groups excluding carboxylic acids is 2.